The smallest absolute Gasteiger partial charge is 0.280 e. The highest BCUT2D eigenvalue weighted by Gasteiger charge is 2.45. The van der Waals surface area contributed by atoms with Gasteiger partial charge >= 0.3 is 0 Å². The van der Waals surface area contributed by atoms with E-state index in [-0.39, 0.29) is 23.7 Å². The molecule has 4 rings (SSSR count). The Kier molecular flexibility index (Phi) is 4.75. The van der Waals surface area contributed by atoms with Gasteiger partial charge in [-0.15, -0.1) is 0 Å². The van der Waals surface area contributed by atoms with E-state index < -0.39 is 30.1 Å². The maximum absolute atomic E-state index is 12.5. The zero-order valence-electron chi connectivity index (χ0n) is 16.0. The van der Waals surface area contributed by atoms with Gasteiger partial charge in [-0.05, 0) is 19.9 Å². The molecule has 0 amide bonds. The third-order valence-corrected chi connectivity index (χ3v) is 4.82. The lowest BCUT2D eigenvalue weighted by atomic mass is 10.1. The summed E-state index contributed by atoms with van der Waals surface area (Å²) in [5.74, 6) is 0.258. The molecule has 4 atom stereocenters. The Labute approximate surface area is 159 Å². The topological polar surface area (TPSA) is 129 Å². The fourth-order valence-corrected chi connectivity index (χ4v) is 3.58. The number of fused-ring (bicyclic) bond motifs is 1. The van der Waals surface area contributed by atoms with Crippen molar-refractivity contribution in [3.05, 3.63) is 34.1 Å². The molecule has 1 aliphatic heterocycles. The molecule has 28 heavy (non-hydrogen) atoms. The second kappa shape index (κ2) is 7.09. The molecule has 3 aromatic heterocycles. The Hall–Kier alpha value is -2.60. The summed E-state index contributed by atoms with van der Waals surface area (Å²) in [4.78, 5) is 23.9. The molecular weight excluding hydrogens is 368 g/mol. The molecular formula is C17H22N6O5. The monoisotopic (exact) mass is 390 g/mol. The van der Waals surface area contributed by atoms with Crippen molar-refractivity contribution in [1.82, 2.24) is 29.3 Å². The van der Waals surface area contributed by atoms with E-state index in [2.05, 4.69) is 20.1 Å². The highest BCUT2D eigenvalue weighted by Crippen LogP contribution is 2.32. The normalized spacial score (nSPS) is 25.0. The van der Waals surface area contributed by atoms with Crippen LogP contribution < -0.4 is 5.56 Å². The van der Waals surface area contributed by atoms with Crippen molar-refractivity contribution in [2.45, 2.75) is 38.4 Å². The molecule has 0 bridgehead atoms. The summed E-state index contributed by atoms with van der Waals surface area (Å²) in [5.41, 5.74) is 1.64. The van der Waals surface area contributed by atoms with Gasteiger partial charge in [0, 0.05) is 19.9 Å². The molecule has 2 N–H and O–H groups in total. The van der Waals surface area contributed by atoms with Crippen molar-refractivity contribution in [3.63, 3.8) is 0 Å². The molecule has 11 heteroatoms. The average Bonchev–Trinajstić information content (AvgIpc) is 3.30. The summed E-state index contributed by atoms with van der Waals surface area (Å²) in [7, 11) is 3.04. The van der Waals surface area contributed by atoms with Gasteiger partial charge in [-0.1, -0.05) is 0 Å². The lowest BCUT2D eigenvalue weighted by Crippen LogP contribution is -2.35. The number of ether oxygens (including phenoxy) is 3. The number of hydrogen-bond acceptors (Lipinski definition) is 8. The summed E-state index contributed by atoms with van der Waals surface area (Å²) in [6, 6.07) is 1.88. The molecule has 150 valence electrons. The minimum atomic E-state index is -0.985. The average molecular weight is 390 g/mol. The maximum Gasteiger partial charge on any atom is 0.280 e. The van der Waals surface area contributed by atoms with E-state index in [9.17, 15) is 9.90 Å². The molecule has 0 spiro atoms. The molecule has 1 aliphatic rings. The first-order chi connectivity index (χ1) is 13.4. The zero-order chi connectivity index (χ0) is 20.0. The maximum atomic E-state index is 12.5. The molecule has 0 aromatic carbocycles. The van der Waals surface area contributed by atoms with Gasteiger partial charge in [-0.2, -0.15) is 10.1 Å². The number of aromatic nitrogens is 6. The molecule has 1 saturated heterocycles. The van der Waals surface area contributed by atoms with Crippen LogP contribution >= 0.6 is 0 Å². The Morgan fingerprint density at radius 3 is 2.79 bits per heavy atom. The van der Waals surface area contributed by atoms with E-state index in [1.165, 1.54) is 18.0 Å². The van der Waals surface area contributed by atoms with Crippen molar-refractivity contribution < 1.29 is 19.3 Å². The number of methoxy groups -OCH3 is 2. The summed E-state index contributed by atoms with van der Waals surface area (Å²) in [5, 5.41) is 15.0. The van der Waals surface area contributed by atoms with Gasteiger partial charge in [0.1, 0.15) is 18.3 Å². The summed E-state index contributed by atoms with van der Waals surface area (Å²) < 4.78 is 19.5. The van der Waals surface area contributed by atoms with E-state index in [0.717, 1.165) is 11.4 Å². The molecule has 0 saturated carbocycles. The first-order valence-electron chi connectivity index (χ1n) is 8.80. The van der Waals surface area contributed by atoms with Crippen LogP contribution in [0.2, 0.25) is 0 Å². The van der Waals surface area contributed by atoms with E-state index >= 15 is 0 Å². The molecule has 0 unspecified atom stereocenters. The van der Waals surface area contributed by atoms with Crippen LogP contribution in [0.1, 0.15) is 17.6 Å². The molecule has 1 fully saturated rings. The summed E-state index contributed by atoms with van der Waals surface area (Å²) in [6.07, 6.45) is -1.43. The van der Waals surface area contributed by atoms with Crippen molar-refractivity contribution in [3.8, 4) is 5.95 Å². The van der Waals surface area contributed by atoms with Crippen molar-refractivity contribution in [1.29, 1.82) is 0 Å². The lowest BCUT2D eigenvalue weighted by molar-refractivity contribution is -0.0612. The van der Waals surface area contributed by atoms with Crippen LogP contribution in [0, 0.1) is 13.8 Å². The molecule has 11 nitrogen and oxygen atoms in total. The van der Waals surface area contributed by atoms with E-state index in [0.29, 0.717) is 0 Å². The van der Waals surface area contributed by atoms with Crippen LogP contribution in [0.15, 0.2) is 17.2 Å². The minimum Gasteiger partial charge on any atom is -0.386 e. The summed E-state index contributed by atoms with van der Waals surface area (Å²) in [6.45, 7) is 3.97. The molecule has 0 aliphatic carbocycles. The first kappa shape index (κ1) is 18.7. The number of aliphatic hydroxyl groups excluding tert-OH is 1. The van der Waals surface area contributed by atoms with Crippen LogP contribution in [0.25, 0.3) is 17.1 Å². The van der Waals surface area contributed by atoms with Crippen LogP contribution in [0.3, 0.4) is 0 Å². The van der Waals surface area contributed by atoms with Gasteiger partial charge in [0.2, 0.25) is 5.95 Å². The quantitative estimate of drug-likeness (QED) is 0.615. The Morgan fingerprint density at radius 1 is 1.36 bits per heavy atom. The Morgan fingerprint density at radius 2 is 2.14 bits per heavy atom. The van der Waals surface area contributed by atoms with E-state index in [1.807, 2.05) is 19.9 Å². The molecule has 0 radical (unpaired) electrons. The van der Waals surface area contributed by atoms with Gasteiger partial charge in [0.05, 0.1) is 18.6 Å². The van der Waals surface area contributed by atoms with E-state index in [4.69, 9.17) is 14.2 Å². The third kappa shape index (κ3) is 2.92. The van der Waals surface area contributed by atoms with Gasteiger partial charge in [-0.3, -0.25) is 14.3 Å². The standard InChI is InChI=1S/C17H22N6O5/c1-8-5-9(2)23(21-8)17-19-14-11(15(25)20-17)18-7-22(14)16-12(24)13(27-4)10(28-16)6-26-3/h5,7,10,12-13,16,24H,6H2,1-4H3,(H,19,20,25)/t10-,12-,13-,16-/m1/s1. The van der Waals surface area contributed by atoms with Crippen molar-refractivity contribution in [2.75, 3.05) is 20.8 Å². The van der Waals surface area contributed by atoms with Crippen molar-refractivity contribution >= 4 is 11.2 Å². The fraction of sp³-hybridized carbons (Fsp3) is 0.529. The zero-order valence-corrected chi connectivity index (χ0v) is 16.0. The summed E-state index contributed by atoms with van der Waals surface area (Å²) >= 11 is 0. The van der Waals surface area contributed by atoms with Gasteiger partial charge in [-0.25, -0.2) is 9.67 Å². The van der Waals surface area contributed by atoms with Gasteiger partial charge in [0.15, 0.2) is 17.4 Å². The fourth-order valence-electron chi connectivity index (χ4n) is 3.58. The number of aryl methyl sites for hydroxylation is 2. The number of hydrogen-bond donors (Lipinski definition) is 2. The number of nitrogens with zero attached hydrogens (tertiary/aromatic N) is 5. The highest BCUT2D eigenvalue weighted by atomic mass is 16.6. The SMILES string of the molecule is COC[C@H]1O[C@@H](n2cnc3c(=O)[nH]c(-n4nc(C)cc4C)nc32)[C@H](O)[C@@H]1OC. The third-order valence-electron chi connectivity index (χ3n) is 4.82. The number of rotatable bonds is 5. The molecule has 3 aromatic rings. The van der Waals surface area contributed by atoms with Crippen LogP contribution in [0.5, 0.6) is 0 Å². The molecule has 4 heterocycles. The number of nitrogens with one attached hydrogen (secondary N) is 1. The number of aromatic amines is 1. The van der Waals surface area contributed by atoms with Crippen molar-refractivity contribution in [2.24, 2.45) is 0 Å². The predicted octanol–water partition coefficient (Wildman–Crippen LogP) is -0.158. The van der Waals surface area contributed by atoms with Gasteiger partial charge < -0.3 is 19.3 Å². The highest BCUT2D eigenvalue weighted by molar-refractivity contribution is 5.70. The van der Waals surface area contributed by atoms with Crippen LogP contribution in [0.4, 0.5) is 0 Å². The van der Waals surface area contributed by atoms with E-state index in [1.54, 1.807) is 11.8 Å². The Balaban J connectivity index is 1.80. The predicted molar refractivity (Wildman–Crippen MR) is 97.3 cm³/mol. The van der Waals surface area contributed by atoms with Crippen LogP contribution in [-0.2, 0) is 14.2 Å². The number of imidazole rings is 1. The largest absolute Gasteiger partial charge is 0.386 e. The second-order valence-electron chi connectivity index (χ2n) is 6.76. The number of H-pyrrole nitrogens is 1. The first-order valence-corrected chi connectivity index (χ1v) is 8.80. The minimum absolute atomic E-state index is 0.144. The number of aliphatic hydroxyl groups is 1. The second-order valence-corrected chi connectivity index (χ2v) is 6.76. The lowest BCUT2D eigenvalue weighted by Gasteiger charge is -2.18. The Bertz CT molecular complexity index is 1060. The van der Waals surface area contributed by atoms with Crippen LogP contribution in [-0.4, -0.2) is 73.5 Å². The van der Waals surface area contributed by atoms with Gasteiger partial charge in [0.25, 0.3) is 5.56 Å².